The number of hydrogen-bond donors (Lipinski definition) is 0. The van der Waals surface area contributed by atoms with E-state index in [0.717, 1.165) is 5.69 Å². The molecule has 0 aliphatic heterocycles. The summed E-state index contributed by atoms with van der Waals surface area (Å²) in [5, 5.41) is 7.59. The molecule has 0 unspecified atom stereocenters. The zero-order valence-corrected chi connectivity index (χ0v) is 26.2. The fourth-order valence-corrected chi connectivity index (χ4v) is 7.87. The van der Waals surface area contributed by atoms with Crippen molar-refractivity contribution in [2.75, 3.05) is 0 Å². The molecule has 0 aliphatic rings. The van der Waals surface area contributed by atoms with Crippen LogP contribution in [-0.4, -0.2) is 9.13 Å². The van der Waals surface area contributed by atoms with Crippen molar-refractivity contribution in [3.8, 4) is 33.6 Å². The third-order valence-corrected chi connectivity index (χ3v) is 9.91. The lowest BCUT2D eigenvalue weighted by molar-refractivity contribution is 1.17. The molecule has 0 N–H and O–H groups in total. The summed E-state index contributed by atoms with van der Waals surface area (Å²) < 4.78 is 4.91. The number of para-hydroxylation sites is 3. The topological polar surface area (TPSA) is 9.86 Å². The van der Waals surface area contributed by atoms with Gasteiger partial charge in [0.1, 0.15) is 0 Å². The first-order valence-corrected chi connectivity index (χ1v) is 16.5. The monoisotopic (exact) mass is 610 g/mol. The van der Waals surface area contributed by atoms with Crippen molar-refractivity contribution in [3.05, 3.63) is 182 Å². The lowest BCUT2D eigenvalue weighted by Gasteiger charge is -2.15. The zero-order chi connectivity index (χ0) is 31.6. The van der Waals surface area contributed by atoms with Gasteiger partial charge in [0.05, 0.1) is 27.8 Å². The highest BCUT2D eigenvalue weighted by Gasteiger charge is 2.22. The van der Waals surface area contributed by atoms with Gasteiger partial charge < -0.3 is 9.13 Å². The molecule has 8 aromatic carbocycles. The van der Waals surface area contributed by atoms with Gasteiger partial charge in [0.2, 0.25) is 0 Å². The van der Waals surface area contributed by atoms with Crippen LogP contribution in [0.15, 0.2) is 182 Å². The van der Waals surface area contributed by atoms with Gasteiger partial charge in [-0.25, -0.2) is 0 Å². The Hall–Kier alpha value is -6.38. The first-order valence-electron chi connectivity index (χ1n) is 16.5. The van der Waals surface area contributed by atoms with Crippen LogP contribution in [0.1, 0.15) is 0 Å². The summed E-state index contributed by atoms with van der Waals surface area (Å²) in [6.45, 7) is 0. The van der Waals surface area contributed by atoms with Gasteiger partial charge in [-0.3, -0.25) is 0 Å². The van der Waals surface area contributed by atoms with E-state index >= 15 is 0 Å². The van der Waals surface area contributed by atoms with Crippen LogP contribution in [0.3, 0.4) is 0 Å². The number of rotatable bonds is 4. The Bertz CT molecular complexity index is 2830. The molecule has 0 saturated carbocycles. The molecule has 2 heteroatoms. The summed E-state index contributed by atoms with van der Waals surface area (Å²) in [7, 11) is 0. The molecule has 2 aromatic heterocycles. The summed E-state index contributed by atoms with van der Waals surface area (Å²) >= 11 is 0. The summed E-state index contributed by atoms with van der Waals surface area (Å²) in [6, 6.07) is 66.1. The maximum Gasteiger partial charge on any atom is 0.0549 e. The van der Waals surface area contributed by atoms with E-state index in [1.807, 2.05) is 0 Å². The van der Waals surface area contributed by atoms with Gasteiger partial charge >= 0.3 is 0 Å². The van der Waals surface area contributed by atoms with Crippen molar-refractivity contribution in [2.45, 2.75) is 0 Å². The number of nitrogens with zero attached hydrogens (tertiary/aromatic N) is 2. The van der Waals surface area contributed by atoms with Gasteiger partial charge in [-0.2, -0.15) is 0 Å². The fraction of sp³-hybridized carbons (Fsp3) is 0. The minimum Gasteiger partial charge on any atom is -0.309 e. The van der Waals surface area contributed by atoms with Gasteiger partial charge in [0.15, 0.2) is 0 Å². The van der Waals surface area contributed by atoms with Gasteiger partial charge in [-0.05, 0) is 69.9 Å². The minimum absolute atomic E-state index is 1.16. The van der Waals surface area contributed by atoms with E-state index < -0.39 is 0 Å². The Morgan fingerprint density at radius 3 is 1.65 bits per heavy atom. The number of benzene rings is 8. The molecule has 2 heterocycles. The van der Waals surface area contributed by atoms with E-state index in [1.54, 1.807) is 0 Å². The molecular formula is C46H30N2. The van der Waals surface area contributed by atoms with Crippen molar-refractivity contribution in [3.63, 3.8) is 0 Å². The summed E-state index contributed by atoms with van der Waals surface area (Å²) in [5.41, 5.74) is 12.1. The van der Waals surface area contributed by atoms with Crippen LogP contribution < -0.4 is 0 Å². The molecule has 10 rings (SSSR count). The quantitative estimate of drug-likeness (QED) is 0.188. The minimum atomic E-state index is 1.16. The SMILES string of the molecule is c1ccc(-c2cccc(-n3c4ccccc4c4c5c6ccccc6n(-c6ccccc6-c6cccc7ccccc67)c5ccc43)c2)cc1. The second-order valence-electron chi connectivity index (χ2n) is 12.5. The van der Waals surface area contributed by atoms with Crippen LogP contribution >= 0.6 is 0 Å². The first kappa shape index (κ1) is 26.8. The molecule has 0 aliphatic carbocycles. The molecule has 48 heavy (non-hydrogen) atoms. The highest BCUT2D eigenvalue weighted by molar-refractivity contribution is 6.29. The van der Waals surface area contributed by atoms with Crippen LogP contribution in [0.25, 0.3) is 88.0 Å². The maximum absolute atomic E-state index is 2.48. The van der Waals surface area contributed by atoms with E-state index in [2.05, 4.69) is 191 Å². The fourth-order valence-electron chi connectivity index (χ4n) is 7.87. The Kier molecular flexibility index (Phi) is 5.91. The Morgan fingerprint density at radius 1 is 0.312 bits per heavy atom. The normalized spacial score (nSPS) is 11.8. The lowest BCUT2D eigenvalue weighted by Crippen LogP contribution is -1.97. The molecule has 2 nitrogen and oxygen atoms in total. The third-order valence-electron chi connectivity index (χ3n) is 9.91. The Balaban J connectivity index is 1.30. The number of fused-ring (bicyclic) bond motifs is 8. The van der Waals surface area contributed by atoms with Crippen LogP contribution in [0.4, 0.5) is 0 Å². The molecule has 10 aromatic rings. The molecule has 0 amide bonds. The average molecular weight is 611 g/mol. The van der Waals surface area contributed by atoms with Crippen LogP contribution in [0.5, 0.6) is 0 Å². The van der Waals surface area contributed by atoms with Crippen molar-refractivity contribution in [2.24, 2.45) is 0 Å². The number of hydrogen-bond acceptors (Lipinski definition) is 0. The largest absolute Gasteiger partial charge is 0.309 e. The van der Waals surface area contributed by atoms with E-state index in [-0.39, 0.29) is 0 Å². The van der Waals surface area contributed by atoms with Crippen LogP contribution in [0.2, 0.25) is 0 Å². The Labute approximate surface area is 278 Å². The van der Waals surface area contributed by atoms with Crippen molar-refractivity contribution in [1.82, 2.24) is 9.13 Å². The highest BCUT2D eigenvalue weighted by Crippen LogP contribution is 2.44. The van der Waals surface area contributed by atoms with Crippen molar-refractivity contribution in [1.29, 1.82) is 0 Å². The van der Waals surface area contributed by atoms with Crippen molar-refractivity contribution < 1.29 is 0 Å². The maximum atomic E-state index is 2.48. The van der Waals surface area contributed by atoms with Crippen LogP contribution in [-0.2, 0) is 0 Å². The predicted octanol–water partition coefficient (Wildman–Crippen LogP) is 12.4. The summed E-state index contributed by atoms with van der Waals surface area (Å²) in [5.74, 6) is 0. The molecule has 0 spiro atoms. The van der Waals surface area contributed by atoms with E-state index in [1.165, 1.54) is 82.3 Å². The van der Waals surface area contributed by atoms with Crippen LogP contribution in [0, 0.1) is 0 Å². The smallest absolute Gasteiger partial charge is 0.0549 e. The molecular weight excluding hydrogens is 581 g/mol. The molecule has 0 saturated heterocycles. The van der Waals surface area contributed by atoms with E-state index in [0.29, 0.717) is 0 Å². The second kappa shape index (κ2) is 10.6. The van der Waals surface area contributed by atoms with Gasteiger partial charge in [0, 0.05) is 32.8 Å². The second-order valence-corrected chi connectivity index (χ2v) is 12.5. The van der Waals surface area contributed by atoms with E-state index in [9.17, 15) is 0 Å². The molecule has 224 valence electrons. The average Bonchev–Trinajstić information content (AvgIpc) is 3.68. The van der Waals surface area contributed by atoms with E-state index in [4.69, 9.17) is 0 Å². The Morgan fingerprint density at radius 2 is 0.854 bits per heavy atom. The zero-order valence-electron chi connectivity index (χ0n) is 26.2. The molecule has 0 bridgehead atoms. The van der Waals surface area contributed by atoms with Gasteiger partial charge in [0.25, 0.3) is 0 Å². The highest BCUT2D eigenvalue weighted by atomic mass is 15.0. The lowest BCUT2D eigenvalue weighted by atomic mass is 9.97. The molecule has 0 fully saturated rings. The molecule has 0 atom stereocenters. The number of aromatic nitrogens is 2. The third kappa shape index (κ3) is 3.93. The standard InChI is InChI=1S/C46H30N2/c1-2-14-31(15-3-1)33-18-12-19-34(30-33)47-41-26-10-7-22-38(41)45-43(47)28-29-44-46(45)39-23-8-11-27-42(39)48(44)40-25-9-6-21-37(40)36-24-13-17-32-16-4-5-20-35(32)36/h1-30H. The van der Waals surface area contributed by atoms with Gasteiger partial charge in [-0.15, -0.1) is 0 Å². The van der Waals surface area contributed by atoms with Crippen molar-refractivity contribution >= 4 is 54.4 Å². The summed E-state index contributed by atoms with van der Waals surface area (Å²) in [4.78, 5) is 0. The predicted molar refractivity (Wildman–Crippen MR) is 203 cm³/mol. The first-order chi connectivity index (χ1) is 23.8. The summed E-state index contributed by atoms with van der Waals surface area (Å²) in [6.07, 6.45) is 0. The van der Waals surface area contributed by atoms with Gasteiger partial charge in [-0.1, -0.05) is 140 Å². The molecule has 0 radical (unpaired) electrons.